The van der Waals surface area contributed by atoms with Crippen LogP contribution >= 0.6 is 0 Å². The highest BCUT2D eigenvalue weighted by molar-refractivity contribution is 5.97. The molecule has 1 aliphatic carbocycles. The van der Waals surface area contributed by atoms with Crippen molar-refractivity contribution in [3.05, 3.63) is 77.5 Å². The number of hydrogen-bond acceptors (Lipinski definition) is 4. The van der Waals surface area contributed by atoms with Gasteiger partial charge in [0.15, 0.2) is 0 Å². The van der Waals surface area contributed by atoms with Crippen molar-refractivity contribution in [1.82, 2.24) is 9.88 Å². The molecule has 0 unspecified atom stereocenters. The molecule has 1 spiro atoms. The van der Waals surface area contributed by atoms with Crippen molar-refractivity contribution in [2.24, 2.45) is 5.73 Å². The molecule has 0 radical (unpaired) electrons. The SMILES string of the molecule is N[C@@H]1c2ccccc2C2(CCN(C(=O)c3cnc4ccccc4c3)CC2)[C@H]1O. The van der Waals surface area contributed by atoms with Gasteiger partial charge in [-0.05, 0) is 36.1 Å². The largest absolute Gasteiger partial charge is 0.390 e. The van der Waals surface area contributed by atoms with Gasteiger partial charge in [0, 0.05) is 30.1 Å². The second-order valence-electron chi connectivity index (χ2n) is 7.92. The number of aliphatic hydroxyl groups excluding tert-OH is 1. The molecule has 1 aromatic heterocycles. The zero-order valence-corrected chi connectivity index (χ0v) is 15.6. The van der Waals surface area contributed by atoms with Crippen molar-refractivity contribution in [2.45, 2.75) is 30.4 Å². The fraction of sp³-hybridized carbons (Fsp3) is 0.304. The van der Waals surface area contributed by atoms with Crippen LogP contribution in [0.4, 0.5) is 0 Å². The van der Waals surface area contributed by atoms with E-state index in [-0.39, 0.29) is 17.4 Å². The van der Waals surface area contributed by atoms with Crippen LogP contribution < -0.4 is 5.73 Å². The van der Waals surface area contributed by atoms with E-state index >= 15 is 0 Å². The molecule has 2 atom stereocenters. The van der Waals surface area contributed by atoms with Gasteiger partial charge in [0.25, 0.3) is 5.91 Å². The maximum Gasteiger partial charge on any atom is 0.255 e. The van der Waals surface area contributed by atoms with Crippen LogP contribution in [-0.4, -0.2) is 40.1 Å². The lowest BCUT2D eigenvalue weighted by molar-refractivity contribution is 0.0262. The standard InChI is InChI=1S/C23H23N3O2/c24-20-17-6-2-3-7-18(17)23(21(20)27)9-11-26(12-10-23)22(28)16-13-15-5-1-4-8-19(15)25-14-16/h1-8,13-14,20-21,27H,9-12,24H2/t20-,21+/m1/s1. The van der Waals surface area contributed by atoms with Crippen molar-refractivity contribution in [3.8, 4) is 0 Å². The molecule has 0 bridgehead atoms. The lowest BCUT2D eigenvalue weighted by Gasteiger charge is -2.42. The molecule has 1 saturated heterocycles. The molecule has 2 heterocycles. The number of carbonyl (C=O) groups excluding carboxylic acids is 1. The monoisotopic (exact) mass is 373 g/mol. The number of piperidine rings is 1. The Balaban J connectivity index is 1.39. The summed E-state index contributed by atoms with van der Waals surface area (Å²) in [6.45, 7) is 1.20. The molecule has 2 aliphatic rings. The molecule has 1 fully saturated rings. The Kier molecular flexibility index (Phi) is 3.96. The summed E-state index contributed by atoms with van der Waals surface area (Å²) in [5.74, 6) is -0.00169. The number of aliphatic hydroxyl groups is 1. The first-order valence-corrected chi connectivity index (χ1v) is 9.77. The van der Waals surface area contributed by atoms with Crippen molar-refractivity contribution >= 4 is 16.8 Å². The van der Waals surface area contributed by atoms with E-state index in [4.69, 9.17) is 5.73 Å². The molecular formula is C23H23N3O2. The molecular weight excluding hydrogens is 350 g/mol. The van der Waals surface area contributed by atoms with E-state index in [1.165, 1.54) is 0 Å². The summed E-state index contributed by atoms with van der Waals surface area (Å²) in [5.41, 5.74) is 9.62. The van der Waals surface area contributed by atoms with Gasteiger partial charge >= 0.3 is 0 Å². The molecule has 28 heavy (non-hydrogen) atoms. The molecule has 1 amide bonds. The minimum absolute atomic E-state index is 0.00169. The molecule has 3 N–H and O–H groups in total. The summed E-state index contributed by atoms with van der Waals surface area (Å²) in [5, 5.41) is 11.9. The predicted molar refractivity (Wildman–Crippen MR) is 108 cm³/mol. The lowest BCUT2D eigenvalue weighted by Crippen LogP contribution is -2.50. The zero-order chi connectivity index (χ0) is 19.3. The maximum absolute atomic E-state index is 13.0. The number of carbonyl (C=O) groups is 1. The number of pyridine rings is 1. The Morgan fingerprint density at radius 3 is 2.64 bits per heavy atom. The predicted octanol–water partition coefficient (Wildman–Crippen LogP) is 2.78. The zero-order valence-electron chi connectivity index (χ0n) is 15.6. The van der Waals surface area contributed by atoms with Crippen molar-refractivity contribution in [1.29, 1.82) is 0 Å². The minimum atomic E-state index is -0.607. The lowest BCUT2D eigenvalue weighted by atomic mass is 9.72. The van der Waals surface area contributed by atoms with E-state index in [1.807, 2.05) is 53.4 Å². The highest BCUT2D eigenvalue weighted by atomic mass is 16.3. The topological polar surface area (TPSA) is 79.5 Å². The van der Waals surface area contributed by atoms with Gasteiger partial charge < -0.3 is 15.7 Å². The summed E-state index contributed by atoms with van der Waals surface area (Å²) in [6, 6.07) is 17.4. The summed E-state index contributed by atoms with van der Waals surface area (Å²) >= 11 is 0. The van der Waals surface area contributed by atoms with Crippen LogP contribution in [-0.2, 0) is 5.41 Å². The van der Waals surface area contributed by atoms with Gasteiger partial charge in [0.05, 0.1) is 23.2 Å². The van der Waals surface area contributed by atoms with Crippen LogP contribution in [0.15, 0.2) is 60.8 Å². The van der Waals surface area contributed by atoms with Crippen LogP contribution in [0.25, 0.3) is 10.9 Å². The Morgan fingerprint density at radius 1 is 1.11 bits per heavy atom. The molecule has 0 saturated carbocycles. The number of likely N-dealkylation sites (tertiary alicyclic amines) is 1. The normalized spacial score (nSPS) is 23.1. The van der Waals surface area contributed by atoms with Crippen molar-refractivity contribution in [3.63, 3.8) is 0 Å². The smallest absolute Gasteiger partial charge is 0.255 e. The fourth-order valence-corrected chi connectivity index (χ4v) is 4.96. The molecule has 3 aromatic rings. The second-order valence-corrected chi connectivity index (χ2v) is 7.92. The number of rotatable bonds is 1. The Hall–Kier alpha value is -2.76. The van der Waals surface area contributed by atoms with Crippen LogP contribution in [0.2, 0.25) is 0 Å². The Bertz CT molecular complexity index is 1060. The molecule has 5 rings (SSSR count). The van der Waals surface area contributed by atoms with Gasteiger partial charge in [0.1, 0.15) is 0 Å². The van der Waals surface area contributed by atoms with Gasteiger partial charge in [0.2, 0.25) is 0 Å². The number of amides is 1. The van der Waals surface area contributed by atoms with Crippen LogP contribution in [0.3, 0.4) is 0 Å². The van der Waals surface area contributed by atoms with Crippen LogP contribution in [0, 0.1) is 0 Å². The quantitative estimate of drug-likeness (QED) is 0.687. The minimum Gasteiger partial charge on any atom is -0.390 e. The summed E-state index contributed by atoms with van der Waals surface area (Å²) in [6.07, 6.45) is 2.48. The van der Waals surface area contributed by atoms with Crippen molar-refractivity contribution < 1.29 is 9.90 Å². The summed E-state index contributed by atoms with van der Waals surface area (Å²) in [4.78, 5) is 19.3. The number of aromatic nitrogens is 1. The average molecular weight is 373 g/mol. The van der Waals surface area contributed by atoms with E-state index in [0.717, 1.165) is 22.0 Å². The molecule has 142 valence electrons. The van der Waals surface area contributed by atoms with E-state index in [1.54, 1.807) is 6.20 Å². The number of hydrogen-bond donors (Lipinski definition) is 2. The number of fused-ring (bicyclic) bond motifs is 3. The van der Waals surface area contributed by atoms with Crippen LogP contribution in [0.1, 0.15) is 40.4 Å². The summed E-state index contributed by atoms with van der Waals surface area (Å²) < 4.78 is 0. The number of nitrogens with two attached hydrogens (primary N) is 1. The average Bonchev–Trinajstić information content (AvgIpc) is 2.96. The van der Waals surface area contributed by atoms with Gasteiger partial charge in [-0.15, -0.1) is 0 Å². The highest BCUT2D eigenvalue weighted by Crippen LogP contribution is 2.50. The number of nitrogens with zero attached hydrogens (tertiary/aromatic N) is 2. The fourth-order valence-electron chi connectivity index (χ4n) is 4.96. The molecule has 5 nitrogen and oxygen atoms in total. The Morgan fingerprint density at radius 2 is 1.82 bits per heavy atom. The van der Waals surface area contributed by atoms with Crippen LogP contribution in [0.5, 0.6) is 0 Å². The summed E-state index contributed by atoms with van der Waals surface area (Å²) in [7, 11) is 0. The van der Waals surface area contributed by atoms with E-state index in [0.29, 0.717) is 31.5 Å². The van der Waals surface area contributed by atoms with Gasteiger partial charge in [-0.3, -0.25) is 9.78 Å². The van der Waals surface area contributed by atoms with Gasteiger partial charge in [-0.25, -0.2) is 0 Å². The maximum atomic E-state index is 13.0. The molecule has 1 aliphatic heterocycles. The van der Waals surface area contributed by atoms with Crippen molar-refractivity contribution in [2.75, 3.05) is 13.1 Å². The first-order valence-electron chi connectivity index (χ1n) is 9.77. The van der Waals surface area contributed by atoms with E-state index in [2.05, 4.69) is 11.1 Å². The Labute approximate surface area is 163 Å². The first kappa shape index (κ1) is 17.3. The van der Waals surface area contributed by atoms with E-state index < -0.39 is 6.10 Å². The van der Waals surface area contributed by atoms with Gasteiger partial charge in [-0.1, -0.05) is 42.5 Å². The number of benzene rings is 2. The van der Waals surface area contributed by atoms with Gasteiger partial charge in [-0.2, -0.15) is 0 Å². The second kappa shape index (κ2) is 6.40. The highest BCUT2D eigenvalue weighted by Gasteiger charge is 2.51. The van der Waals surface area contributed by atoms with E-state index in [9.17, 15) is 9.90 Å². The first-order chi connectivity index (χ1) is 13.6. The third kappa shape index (κ3) is 2.47. The number of para-hydroxylation sites is 1. The third-order valence-electron chi connectivity index (χ3n) is 6.54. The third-order valence-corrected chi connectivity index (χ3v) is 6.54. The molecule has 5 heteroatoms. The molecule has 2 aromatic carbocycles.